The fourth-order valence-electron chi connectivity index (χ4n) is 8.71. The van der Waals surface area contributed by atoms with E-state index >= 15 is 52.7 Å². The first-order valence-corrected chi connectivity index (χ1v) is 27.9. The number of hydrogen-bond donors (Lipinski definition) is 0. The first-order chi connectivity index (χ1) is 30.5. The normalized spacial score (nSPS) is 16.0. The van der Waals surface area contributed by atoms with Gasteiger partial charge >= 0.3 is 405 Å². The molecule has 0 bridgehead atoms. The van der Waals surface area contributed by atoms with Crippen LogP contribution in [-0.2, 0) is 57.2 Å². The van der Waals surface area contributed by atoms with Crippen LogP contribution in [-0.4, -0.2) is 18.9 Å². The summed E-state index contributed by atoms with van der Waals surface area (Å²) in [6.45, 7) is 34.1. The molecule has 0 unspecified atom stereocenters. The van der Waals surface area contributed by atoms with Crippen LogP contribution >= 0.6 is 0 Å². The summed E-state index contributed by atoms with van der Waals surface area (Å²) in [6, 6.07) is 9.54. The van der Waals surface area contributed by atoms with Crippen molar-refractivity contribution >= 4 is 37.5 Å². The van der Waals surface area contributed by atoms with Crippen LogP contribution < -0.4 is 13.6 Å². The number of alkyl halides is 12. The topological polar surface area (TPSA) is 31.2 Å². The second-order valence-corrected chi connectivity index (χ2v) is 33.5. The van der Waals surface area contributed by atoms with Crippen molar-refractivity contribution in [1.82, 2.24) is 0 Å². The number of rotatable bonds is 4. The SMILES string of the molecule is CC(C)(C)c1cc(C(C)(C)C)[c]([Sn]2([c]3c(C(C)(C)C)cc(C(C)(C)C)cc3C(C)(C)C)[N](c3cc(C(F)(F)F)cc(C(F)(F)F)c3)N=N[N]2c2cc(C(F)(F)F)cc(C(F)(F)F)c2)c(C(C)(C)C)c1. The van der Waals surface area contributed by atoms with E-state index in [-0.39, 0.29) is 12.1 Å². The number of halogens is 12. The molecule has 0 N–H and O–H groups in total. The Bertz CT molecular complexity index is 2310. The van der Waals surface area contributed by atoms with Gasteiger partial charge in [0.1, 0.15) is 0 Å². The van der Waals surface area contributed by atoms with Gasteiger partial charge in [-0.2, -0.15) is 0 Å². The molecule has 0 atom stereocenters. The van der Waals surface area contributed by atoms with Gasteiger partial charge in [0.2, 0.25) is 0 Å². The van der Waals surface area contributed by atoms with Gasteiger partial charge in [-0.25, -0.2) is 0 Å². The van der Waals surface area contributed by atoms with Crippen molar-refractivity contribution in [3.63, 3.8) is 0 Å². The van der Waals surface area contributed by atoms with Crippen molar-refractivity contribution in [3.05, 3.63) is 116 Å². The Morgan fingerprint density at radius 1 is 0.290 bits per heavy atom. The third-order valence-electron chi connectivity index (χ3n) is 12.4. The summed E-state index contributed by atoms with van der Waals surface area (Å²) >= 11 is -6.78. The van der Waals surface area contributed by atoms with E-state index in [9.17, 15) is 0 Å². The van der Waals surface area contributed by atoms with Gasteiger partial charge in [-0.15, -0.1) is 0 Å². The minimum atomic E-state index is -6.78. The number of anilines is 2. The summed E-state index contributed by atoms with van der Waals surface area (Å²) in [5.41, 5.74) is -9.73. The summed E-state index contributed by atoms with van der Waals surface area (Å²) in [5.74, 6) is 0. The Hall–Kier alpha value is -3.96. The monoisotopic (exact) mass is 1090 g/mol. The Morgan fingerprint density at radius 3 is 0.652 bits per heavy atom. The molecule has 0 aliphatic carbocycles. The van der Waals surface area contributed by atoms with E-state index in [4.69, 9.17) is 0 Å². The van der Waals surface area contributed by atoms with E-state index in [0.29, 0.717) is 53.7 Å². The molecule has 0 radical (unpaired) electrons. The maximum absolute atomic E-state index is 15.1. The molecule has 0 amide bonds. The molecule has 0 saturated heterocycles. The molecule has 69 heavy (non-hydrogen) atoms. The molecule has 4 nitrogen and oxygen atoms in total. The van der Waals surface area contributed by atoms with Crippen LogP contribution in [0.15, 0.2) is 71.1 Å². The molecular formula is C52H64F12N4Sn. The van der Waals surface area contributed by atoms with E-state index in [0.717, 1.165) is 17.6 Å². The molecule has 0 aromatic heterocycles. The van der Waals surface area contributed by atoms with Gasteiger partial charge in [0, 0.05) is 0 Å². The molecular weight excluding hydrogens is 1030 g/mol. The Labute approximate surface area is 403 Å². The fourth-order valence-corrected chi connectivity index (χ4v) is 25.6. The predicted molar refractivity (Wildman–Crippen MR) is 253 cm³/mol. The van der Waals surface area contributed by atoms with Gasteiger partial charge in [0.15, 0.2) is 0 Å². The molecule has 1 heterocycles. The quantitative estimate of drug-likeness (QED) is 0.151. The van der Waals surface area contributed by atoms with E-state index in [1.807, 2.05) is 149 Å². The second-order valence-electron chi connectivity index (χ2n) is 24.4. The first-order valence-electron chi connectivity index (χ1n) is 22.5. The van der Waals surface area contributed by atoms with Crippen LogP contribution in [0.5, 0.6) is 0 Å². The van der Waals surface area contributed by atoms with Gasteiger partial charge in [-0.1, -0.05) is 0 Å². The van der Waals surface area contributed by atoms with E-state index in [1.54, 1.807) is 0 Å². The number of benzene rings is 4. The van der Waals surface area contributed by atoms with Crippen LogP contribution in [0.4, 0.5) is 64.1 Å². The van der Waals surface area contributed by atoms with Gasteiger partial charge in [0.25, 0.3) is 0 Å². The summed E-state index contributed by atoms with van der Waals surface area (Å²) in [4.78, 5) is 0. The molecule has 17 heteroatoms. The van der Waals surface area contributed by atoms with Crippen molar-refractivity contribution in [2.75, 3.05) is 6.46 Å². The molecule has 5 rings (SSSR count). The summed E-state index contributed by atoms with van der Waals surface area (Å²) in [5, 5.41) is 9.03. The third kappa shape index (κ3) is 11.1. The fraction of sp³-hybridized carbons (Fsp3) is 0.538. The molecule has 4 aromatic carbocycles. The zero-order valence-electron chi connectivity index (χ0n) is 42.6. The van der Waals surface area contributed by atoms with Crippen LogP contribution in [0.1, 0.15) is 180 Å². The Morgan fingerprint density at radius 2 is 0.493 bits per heavy atom. The van der Waals surface area contributed by atoms with Gasteiger partial charge in [-0.3, -0.25) is 0 Å². The van der Waals surface area contributed by atoms with E-state index < -0.39 is 110 Å². The van der Waals surface area contributed by atoms with Gasteiger partial charge in [-0.05, 0) is 0 Å². The average Bonchev–Trinajstić information content (AvgIpc) is 3.54. The van der Waals surface area contributed by atoms with Crippen LogP contribution in [0.25, 0.3) is 0 Å². The summed E-state index contributed by atoms with van der Waals surface area (Å²) < 4.78 is 184. The predicted octanol–water partition coefficient (Wildman–Crippen LogP) is 16.4. The van der Waals surface area contributed by atoms with Crippen molar-refractivity contribution < 1.29 is 52.7 Å². The molecule has 0 saturated carbocycles. The van der Waals surface area contributed by atoms with Crippen molar-refractivity contribution in [2.45, 2.75) is 182 Å². The van der Waals surface area contributed by atoms with Crippen molar-refractivity contribution in [2.24, 2.45) is 10.4 Å². The zero-order valence-corrected chi connectivity index (χ0v) is 45.5. The first kappa shape index (κ1) is 56.0. The average molecular weight is 1090 g/mol. The molecule has 4 aromatic rings. The number of nitrogens with zero attached hydrogens (tertiary/aromatic N) is 4. The van der Waals surface area contributed by atoms with Crippen LogP contribution in [0, 0.1) is 0 Å². The molecule has 380 valence electrons. The molecule has 1 aliphatic rings. The standard InChI is InChI=1S/2C18H29.C16H6F12N4.Sn/c2*1-16(2,3)13-10-14(17(4,5)6)12-15(11-13)18(7,8)9;17-13(18,19)7-1-8(14(20,21)22)4-11(3-7)29-31-32-30-12-5-9(15(23,24)25)2-10(6-12)16(26,27)28;/h2*10-11H,1-9H3;1-6H;/q;;-2;+2. The van der Waals surface area contributed by atoms with E-state index in [2.05, 4.69) is 10.4 Å². The maximum atomic E-state index is 15.1. The molecule has 0 spiro atoms. The molecule has 0 fully saturated rings. The van der Waals surface area contributed by atoms with E-state index in [1.165, 1.54) is 0 Å². The Kier molecular flexibility index (Phi) is 13.9. The number of hydrogen-bond acceptors (Lipinski definition) is 4. The Balaban J connectivity index is 2.40. The van der Waals surface area contributed by atoms with Crippen molar-refractivity contribution in [3.8, 4) is 0 Å². The summed E-state index contributed by atoms with van der Waals surface area (Å²) in [6.07, 6.45) is -21.5. The third-order valence-corrected chi connectivity index (χ3v) is 24.9. The second kappa shape index (κ2) is 17.1. The van der Waals surface area contributed by atoms with Gasteiger partial charge in [0.05, 0.1) is 0 Å². The van der Waals surface area contributed by atoms with Gasteiger partial charge < -0.3 is 0 Å². The minimum absolute atomic E-state index is 0.0350. The van der Waals surface area contributed by atoms with Crippen LogP contribution in [0.2, 0.25) is 0 Å². The zero-order chi connectivity index (χ0) is 53.2. The molecule has 1 aliphatic heterocycles. The summed E-state index contributed by atoms with van der Waals surface area (Å²) in [7, 11) is 0. The van der Waals surface area contributed by atoms with Crippen LogP contribution in [0.3, 0.4) is 0 Å². The van der Waals surface area contributed by atoms with Crippen molar-refractivity contribution in [1.29, 1.82) is 0 Å².